The summed E-state index contributed by atoms with van der Waals surface area (Å²) in [5, 5.41) is 0. The lowest BCUT2D eigenvalue weighted by Gasteiger charge is -2.18. The fourth-order valence-electron chi connectivity index (χ4n) is 1.78. The third kappa shape index (κ3) is 2.93. The van der Waals surface area contributed by atoms with Gasteiger partial charge < -0.3 is 15.2 Å². The summed E-state index contributed by atoms with van der Waals surface area (Å²) in [6.45, 7) is 1.80. The van der Waals surface area contributed by atoms with E-state index < -0.39 is 6.10 Å². The number of nitrogens with zero attached hydrogens (tertiary/aromatic N) is 1. The Morgan fingerprint density at radius 3 is 2.74 bits per heavy atom. The molecule has 0 spiro atoms. The molecule has 0 fully saturated rings. The lowest BCUT2D eigenvalue weighted by Crippen LogP contribution is -2.07. The minimum atomic E-state index is -0.405. The third-order valence-corrected chi connectivity index (χ3v) is 2.73. The van der Waals surface area contributed by atoms with E-state index in [9.17, 15) is 4.39 Å². The van der Waals surface area contributed by atoms with Crippen molar-refractivity contribution in [1.82, 2.24) is 4.98 Å². The topological polar surface area (TPSA) is 57.4 Å². The van der Waals surface area contributed by atoms with Crippen LogP contribution in [0.5, 0.6) is 11.5 Å². The molecule has 19 heavy (non-hydrogen) atoms. The van der Waals surface area contributed by atoms with Gasteiger partial charge in [0.15, 0.2) is 11.6 Å². The molecule has 0 saturated heterocycles. The summed E-state index contributed by atoms with van der Waals surface area (Å²) in [5.74, 6) is 0.979. The second kappa shape index (κ2) is 5.56. The molecule has 2 N–H and O–H groups in total. The fraction of sp³-hybridized carbons (Fsp3) is 0.214. The Morgan fingerprint density at radius 2 is 2.05 bits per heavy atom. The molecule has 1 heterocycles. The molecule has 0 aliphatic rings. The van der Waals surface area contributed by atoms with E-state index in [0.29, 0.717) is 22.9 Å². The molecular formula is C14H15FN2O2. The second-order valence-corrected chi connectivity index (χ2v) is 4.03. The first-order valence-electron chi connectivity index (χ1n) is 5.82. The highest BCUT2D eigenvalue weighted by Crippen LogP contribution is 2.31. The van der Waals surface area contributed by atoms with Crippen molar-refractivity contribution in [3.8, 4) is 11.5 Å². The molecule has 0 amide bonds. The van der Waals surface area contributed by atoms with Gasteiger partial charge >= 0.3 is 0 Å². The first-order valence-corrected chi connectivity index (χ1v) is 5.82. The summed E-state index contributed by atoms with van der Waals surface area (Å²) in [6.07, 6.45) is 1.17. The van der Waals surface area contributed by atoms with E-state index in [4.69, 9.17) is 15.2 Å². The number of methoxy groups -OCH3 is 1. The molecule has 5 heteroatoms. The highest BCUT2D eigenvalue weighted by molar-refractivity contribution is 5.45. The highest BCUT2D eigenvalue weighted by atomic mass is 19.1. The predicted octanol–water partition coefficient (Wildman–Crippen LogP) is 2.95. The van der Waals surface area contributed by atoms with Crippen LogP contribution in [0.1, 0.15) is 18.6 Å². The standard InChI is InChI=1S/C14H15FN2O2/c1-9(19-13-4-3-7-17-14(13)16)11-8-10(15)5-6-12(11)18-2/h3-9H,1-2H3,(H2,16,17)/t9-/m1/s1. The monoisotopic (exact) mass is 262 g/mol. The molecule has 0 radical (unpaired) electrons. The van der Waals surface area contributed by atoms with E-state index in [1.807, 2.05) is 0 Å². The second-order valence-electron chi connectivity index (χ2n) is 4.03. The number of ether oxygens (including phenoxy) is 2. The van der Waals surface area contributed by atoms with Crippen LogP contribution in [-0.2, 0) is 0 Å². The molecule has 0 aliphatic heterocycles. The summed E-state index contributed by atoms with van der Waals surface area (Å²) in [4.78, 5) is 3.93. The number of nitrogens with two attached hydrogens (primary N) is 1. The summed E-state index contributed by atoms with van der Waals surface area (Å²) in [7, 11) is 1.53. The molecule has 2 aromatic rings. The maximum atomic E-state index is 13.3. The van der Waals surface area contributed by atoms with Crippen molar-refractivity contribution < 1.29 is 13.9 Å². The van der Waals surface area contributed by atoms with Gasteiger partial charge in [-0.3, -0.25) is 0 Å². The van der Waals surface area contributed by atoms with Gasteiger partial charge in [0.05, 0.1) is 7.11 Å². The van der Waals surface area contributed by atoms with Crippen LogP contribution in [0.2, 0.25) is 0 Å². The summed E-state index contributed by atoms with van der Waals surface area (Å²) in [5.41, 5.74) is 6.32. The maximum absolute atomic E-state index is 13.3. The zero-order chi connectivity index (χ0) is 13.8. The van der Waals surface area contributed by atoms with E-state index in [1.54, 1.807) is 31.3 Å². The summed E-state index contributed by atoms with van der Waals surface area (Å²) >= 11 is 0. The molecule has 0 aliphatic carbocycles. The van der Waals surface area contributed by atoms with Gasteiger partial charge in [0.2, 0.25) is 0 Å². The Morgan fingerprint density at radius 1 is 1.26 bits per heavy atom. The van der Waals surface area contributed by atoms with Crippen molar-refractivity contribution >= 4 is 5.82 Å². The van der Waals surface area contributed by atoms with Gasteiger partial charge in [-0.05, 0) is 37.3 Å². The number of hydrogen-bond donors (Lipinski definition) is 1. The third-order valence-electron chi connectivity index (χ3n) is 2.73. The van der Waals surface area contributed by atoms with E-state index in [-0.39, 0.29) is 5.82 Å². The number of nitrogen functional groups attached to an aromatic ring is 1. The Balaban J connectivity index is 2.27. The number of pyridine rings is 1. The number of hydrogen-bond acceptors (Lipinski definition) is 4. The first-order chi connectivity index (χ1) is 9.11. The lowest BCUT2D eigenvalue weighted by atomic mass is 10.1. The van der Waals surface area contributed by atoms with Crippen molar-refractivity contribution in [2.75, 3.05) is 12.8 Å². The first kappa shape index (κ1) is 13.1. The van der Waals surface area contributed by atoms with E-state index in [2.05, 4.69) is 4.98 Å². The summed E-state index contributed by atoms with van der Waals surface area (Å²) in [6, 6.07) is 7.73. The van der Waals surface area contributed by atoms with E-state index >= 15 is 0 Å². The van der Waals surface area contributed by atoms with Crippen molar-refractivity contribution in [3.05, 3.63) is 47.9 Å². The molecular weight excluding hydrogens is 247 g/mol. The van der Waals surface area contributed by atoms with Gasteiger partial charge in [0.25, 0.3) is 0 Å². The molecule has 100 valence electrons. The molecule has 1 aromatic heterocycles. The zero-order valence-electron chi connectivity index (χ0n) is 10.8. The fourth-order valence-corrected chi connectivity index (χ4v) is 1.78. The zero-order valence-corrected chi connectivity index (χ0v) is 10.8. The quantitative estimate of drug-likeness (QED) is 0.920. The highest BCUT2D eigenvalue weighted by Gasteiger charge is 2.15. The predicted molar refractivity (Wildman–Crippen MR) is 70.6 cm³/mol. The van der Waals surface area contributed by atoms with E-state index in [1.165, 1.54) is 19.2 Å². The molecule has 0 saturated carbocycles. The van der Waals surface area contributed by atoms with Gasteiger partial charge in [-0.25, -0.2) is 9.37 Å². The van der Waals surface area contributed by atoms with Crippen LogP contribution in [0.3, 0.4) is 0 Å². The minimum absolute atomic E-state index is 0.296. The van der Waals surface area contributed by atoms with Gasteiger partial charge in [0, 0.05) is 11.8 Å². The van der Waals surface area contributed by atoms with Crippen LogP contribution in [0.4, 0.5) is 10.2 Å². The maximum Gasteiger partial charge on any atom is 0.166 e. The smallest absolute Gasteiger partial charge is 0.166 e. The molecule has 0 bridgehead atoms. The van der Waals surface area contributed by atoms with Crippen molar-refractivity contribution in [1.29, 1.82) is 0 Å². The Kier molecular flexibility index (Phi) is 3.85. The Bertz CT molecular complexity index is 575. The van der Waals surface area contributed by atoms with Crippen LogP contribution >= 0.6 is 0 Å². The number of anilines is 1. The van der Waals surface area contributed by atoms with Crippen molar-refractivity contribution in [2.45, 2.75) is 13.0 Å². The SMILES string of the molecule is COc1ccc(F)cc1[C@@H](C)Oc1cccnc1N. The average Bonchev–Trinajstić information content (AvgIpc) is 2.41. The van der Waals surface area contributed by atoms with Gasteiger partial charge in [-0.2, -0.15) is 0 Å². The Labute approximate surface area is 111 Å². The minimum Gasteiger partial charge on any atom is -0.496 e. The number of rotatable bonds is 4. The molecule has 0 unspecified atom stereocenters. The van der Waals surface area contributed by atoms with Gasteiger partial charge in [0.1, 0.15) is 17.7 Å². The molecule has 2 rings (SSSR count). The summed E-state index contributed by atoms with van der Waals surface area (Å²) < 4.78 is 24.2. The molecule has 1 aromatic carbocycles. The van der Waals surface area contributed by atoms with Crippen LogP contribution < -0.4 is 15.2 Å². The normalized spacial score (nSPS) is 11.9. The van der Waals surface area contributed by atoms with Crippen molar-refractivity contribution in [3.63, 3.8) is 0 Å². The van der Waals surface area contributed by atoms with Gasteiger partial charge in [-0.15, -0.1) is 0 Å². The van der Waals surface area contributed by atoms with Crippen molar-refractivity contribution in [2.24, 2.45) is 0 Å². The van der Waals surface area contributed by atoms with Crippen LogP contribution in [0.25, 0.3) is 0 Å². The number of aromatic nitrogens is 1. The molecule has 4 nitrogen and oxygen atoms in total. The van der Waals surface area contributed by atoms with Crippen LogP contribution in [0, 0.1) is 5.82 Å². The average molecular weight is 262 g/mol. The molecule has 1 atom stereocenters. The van der Waals surface area contributed by atoms with Crippen LogP contribution in [0.15, 0.2) is 36.5 Å². The number of halogens is 1. The Hall–Kier alpha value is -2.30. The number of benzene rings is 1. The van der Waals surface area contributed by atoms with Crippen LogP contribution in [-0.4, -0.2) is 12.1 Å². The van der Waals surface area contributed by atoms with E-state index in [0.717, 1.165) is 0 Å². The largest absolute Gasteiger partial charge is 0.496 e. The lowest BCUT2D eigenvalue weighted by molar-refractivity contribution is 0.221. The van der Waals surface area contributed by atoms with Gasteiger partial charge in [-0.1, -0.05) is 0 Å².